The van der Waals surface area contributed by atoms with Gasteiger partial charge in [0.25, 0.3) is 5.91 Å². The number of carbonyl (C=O) groups is 1. The fourth-order valence-electron chi connectivity index (χ4n) is 1.50. The topological polar surface area (TPSA) is 84.1 Å². The molecule has 0 aromatic carbocycles. The number of rotatable bonds is 4. The number of carbonyl (C=O) groups excluding carboxylic acids is 1. The molecular formula is C13H13N3O3. The molecule has 1 amide bonds. The third-order valence-corrected chi connectivity index (χ3v) is 2.38. The van der Waals surface area contributed by atoms with E-state index in [1.807, 2.05) is 0 Å². The second-order valence-electron chi connectivity index (χ2n) is 3.85. The summed E-state index contributed by atoms with van der Waals surface area (Å²) in [6, 6.07) is 6.52. The van der Waals surface area contributed by atoms with Gasteiger partial charge in [-0.15, -0.1) is 0 Å². The van der Waals surface area contributed by atoms with Crippen LogP contribution in [0.5, 0.6) is 5.75 Å². The van der Waals surface area contributed by atoms with E-state index in [2.05, 4.69) is 15.3 Å². The number of aromatic amines is 1. The first kappa shape index (κ1) is 12.8. The van der Waals surface area contributed by atoms with Crippen LogP contribution in [0.1, 0.15) is 5.69 Å². The van der Waals surface area contributed by atoms with Crippen molar-refractivity contribution in [1.82, 2.24) is 9.97 Å². The molecule has 0 unspecified atom stereocenters. The van der Waals surface area contributed by atoms with Crippen molar-refractivity contribution < 1.29 is 9.53 Å². The number of aryl methyl sites for hydroxylation is 1. The fraction of sp³-hybridized carbons (Fsp3) is 0.154. The molecule has 0 spiro atoms. The van der Waals surface area contributed by atoms with Crippen LogP contribution in [-0.2, 0) is 4.79 Å². The smallest absolute Gasteiger partial charge is 0.263 e. The van der Waals surface area contributed by atoms with Crippen molar-refractivity contribution in [3.8, 4) is 5.75 Å². The number of pyridine rings is 2. The van der Waals surface area contributed by atoms with Crippen molar-refractivity contribution in [2.24, 2.45) is 0 Å². The van der Waals surface area contributed by atoms with Gasteiger partial charge in [0.05, 0.1) is 5.69 Å². The van der Waals surface area contributed by atoms with Gasteiger partial charge >= 0.3 is 0 Å². The van der Waals surface area contributed by atoms with Gasteiger partial charge in [0.2, 0.25) is 5.43 Å². The summed E-state index contributed by atoms with van der Waals surface area (Å²) < 4.78 is 5.22. The van der Waals surface area contributed by atoms with E-state index < -0.39 is 0 Å². The van der Waals surface area contributed by atoms with Crippen LogP contribution in [0.2, 0.25) is 0 Å². The normalized spacial score (nSPS) is 9.95. The number of aromatic nitrogens is 2. The van der Waals surface area contributed by atoms with Gasteiger partial charge in [-0.1, -0.05) is 6.07 Å². The summed E-state index contributed by atoms with van der Waals surface area (Å²) in [4.78, 5) is 29.9. The average Bonchev–Trinajstić information content (AvgIpc) is 2.39. The molecule has 0 bridgehead atoms. The maximum absolute atomic E-state index is 11.6. The van der Waals surface area contributed by atoms with Gasteiger partial charge in [-0.25, -0.2) is 4.98 Å². The summed E-state index contributed by atoms with van der Waals surface area (Å²) in [6.45, 7) is 1.46. The van der Waals surface area contributed by atoms with Crippen LogP contribution in [0.4, 0.5) is 5.82 Å². The Hall–Kier alpha value is -2.63. The van der Waals surface area contributed by atoms with Gasteiger partial charge in [0, 0.05) is 18.5 Å². The van der Waals surface area contributed by atoms with Crippen molar-refractivity contribution in [2.75, 3.05) is 11.9 Å². The lowest BCUT2D eigenvalue weighted by Crippen LogP contribution is -2.23. The molecule has 0 radical (unpaired) electrons. The van der Waals surface area contributed by atoms with E-state index in [0.29, 0.717) is 11.5 Å². The van der Waals surface area contributed by atoms with Crippen LogP contribution in [-0.4, -0.2) is 22.5 Å². The third kappa shape index (κ3) is 3.41. The van der Waals surface area contributed by atoms with E-state index in [1.165, 1.54) is 12.3 Å². The van der Waals surface area contributed by atoms with E-state index in [0.717, 1.165) is 0 Å². The molecule has 0 atom stereocenters. The highest BCUT2D eigenvalue weighted by molar-refractivity contribution is 5.90. The molecule has 0 aliphatic heterocycles. The Bertz CT molecular complexity index is 623. The second kappa shape index (κ2) is 5.81. The number of nitrogens with zero attached hydrogens (tertiary/aromatic N) is 1. The van der Waals surface area contributed by atoms with Gasteiger partial charge in [-0.05, 0) is 19.1 Å². The maximum Gasteiger partial charge on any atom is 0.263 e. The lowest BCUT2D eigenvalue weighted by molar-refractivity contribution is -0.118. The summed E-state index contributed by atoms with van der Waals surface area (Å²) in [6.07, 6.45) is 3.10. The molecule has 2 N–H and O–H groups in total. The molecule has 0 saturated heterocycles. The van der Waals surface area contributed by atoms with Crippen molar-refractivity contribution in [3.05, 3.63) is 52.6 Å². The van der Waals surface area contributed by atoms with E-state index in [4.69, 9.17) is 4.74 Å². The Morgan fingerprint density at radius 1 is 1.42 bits per heavy atom. The van der Waals surface area contributed by atoms with Crippen molar-refractivity contribution >= 4 is 11.7 Å². The third-order valence-electron chi connectivity index (χ3n) is 2.38. The Kier molecular flexibility index (Phi) is 3.92. The van der Waals surface area contributed by atoms with Gasteiger partial charge in [0.1, 0.15) is 5.82 Å². The number of H-pyrrole nitrogens is 1. The molecular weight excluding hydrogens is 246 g/mol. The van der Waals surface area contributed by atoms with Crippen LogP contribution in [0.3, 0.4) is 0 Å². The van der Waals surface area contributed by atoms with Gasteiger partial charge in [0.15, 0.2) is 12.4 Å². The summed E-state index contributed by atoms with van der Waals surface area (Å²) in [5, 5.41) is 2.56. The molecule has 6 nitrogen and oxygen atoms in total. The first-order valence-corrected chi connectivity index (χ1v) is 5.69. The van der Waals surface area contributed by atoms with Crippen LogP contribution in [0.15, 0.2) is 41.5 Å². The lowest BCUT2D eigenvalue weighted by atomic mass is 10.3. The summed E-state index contributed by atoms with van der Waals surface area (Å²) in [5.41, 5.74) is 0.319. The average molecular weight is 259 g/mol. The Balaban J connectivity index is 1.96. The Labute approximate surface area is 109 Å². The minimum absolute atomic E-state index is 0.152. The minimum Gasteiger partial charge on any atom is -0.478 e. The second-order valence-corrected chi connectivity index (χ2v) is 3.85. The number of hydrogen-bond acceptors (Lipinski definition) is 4. The van der Waals surface area contributed by atoms with Crippen LogP contribution < -0.4 is 15.5 Å². The minimum atomic E-state index is -0.374. The molecule has 98 valence electrons. The predicted octanol–water partition coefficient (Wildman–Crippen LogP) is 1.10. The number of hydrogen-bond donors (Lipinski definition) is 2. The fourth-order valence-corrected chi connectivity index (χ4v) is 1.50. The molecule has 2 rings (SSSR count). The number of amides is 1. The number of anilines is 1. The molecule has 0 aliphatic carbocycles. The SMILES string of the molecule is Cc1[nH]ccc(=O)c1OCC(=O)Nc1ccccn1. The molecule has 2 aromatic rings. The molecule has 0 fully saturated rings. The molecule has 6 heteroatoms. The standard InChI is InChI=1S/C13H13N3O3/c1-9-13(10(17)5-7-14-9)19-8-12(18)16-11-4-2-3-6-15-11/h2-7H,8H2,1H3,(H,14,17)(H,15,16,18). The van der Waals surface area contributed by atoms with E-state index in [9.17, 15) is 9.59 Å². The first-order chi connectivity index (χ1) is 9.16. The highest BCUT2D eigenvalue weighted by atomic mass is 16.5. The van der Waals surface area contributed by atoms with E-state index >= 15 is 0 Å². The molecule has 2 aromatic heterocycles. The zero-order chi connectivity index (χ0) is 13.7. The Morgan fingerprint density at radius 2 is 2.26 bits per heavy atom. The van der Waals surface area contributed by atoms with Crippen LogP contribution >= 0.6 is 0 Å². The summed E-state index contributed by atoms with van der Waals surface area (Å²) >= 11 is 0. The largest absolute Gasteiger partial charge is 0.478 e. The zero-order valence-corrected chi connectivity index (χ0v) is 10.3. The highest BCUT2D eigenvalue weighted by Gasteiger charge is 2.08. The first-order valence-electron chi connectivity index (χ1n) is 5.69. The quantitative estimate of drug-likeness (QED) is 0.861. The van der Waals surface area contributed by atoms with Crippen molar-refractivity contribution in [3.63, 3.8) is 0 Å². The maximum atomic E-state index is 11.6. The zero-order valence-electron chi connectivity index (χ0n) is 10.3. The van der Waals surface area contributed by atoms with Gasteiger partial charge < -0.3 is 15.0 Å². The summed E-state index contributed by atoms with van der Waals surface area (Å²) in [7, 11) is 0. The summed E-state index contributed by atoms with van der Waals surface area (Å²) in [5.74, 6) is 0.217. The molecule has 19 heavy (non-hydrogen) atoms. The van der Waals surface area contributed by atoms with Crippen molar-refractivity contribution in [2.45, 2.75) is 6.92 Å². The van der Waals surface area contributed by atoms with Gasteiger partial charge in [-0.3, -0.25) is 9.59 Å². The number of ether oxygens (including phenoxy) is 1. The van der Waals surface area contributed by atoms with Crippen molar-refractivity contribution in [1.29, 1.82) is 0 Å². The monoisotopic (exact) mass is 259 g/mol. The van der Waals surface area contributed by atoms with Gasteiger partial charge in [-0.2, -0.15) is 0 Å². The highest BCUT2D eigenvalue weighted by Crippen LogP contribution is 2.07. The molecule has 0 aliphatic rings. The molecule has 2 heterocycles. The van der Waals surface area contributed by atoms with Crippen LogP contribution in [0, 0.1) is 6.92 Å². The Morgan fingerprint density at radius 3 is 2.95 bits per heavy atom. The van der Waals surface area contributed by atoms with E-state index in [-0.39, 0.29) is 23.7 Å². The predicted molar refractivity (Wildman–Crippen MR) is 70.2 cm³/mol. The number of nitrogens with one attached hydrogen (secondary N) is 2. The molecule has 0 saturated carbocycles. The lowest BCUT2D eigenvalue weighted by Gasteiger charge is -2.08. The van der Waals surface area contributed by atoms with E-state index in [1.54, 1.807) is 31.3 Å². The van der Waals surface area contributed by atoms with Crippen LogP contribution in [0.25, 0.3) is 0 Å².